The molecular formula is C20H25N3O5. The molecule has 0 saturated carbocycles. The van der Waals surface area contributed by atoms with E-state index in [4.69, 9.17) is 4.74 Å². The van der Waals surface area contributed by atoms with E-state index in [-0.39, 0.29) is 19.6 Å². The normalized spacial score (nSPS) is 12.4. The second-order valence-electron chi connectivity index (χ2n) is 7.29. The largest absolute Gasteiger partial charge is 0.480 e. The van der Waals surface area contributed by atoms with Gasteiger partial charge < -0.3 is 15.2 Å². The lowest BCUT2D eigenvalue weighted by atomic mass is 10.1. The quantitative estimate of drug-likeness (QED) is 0.713. The monoisotopic (exact) mass is 387 g/mol. The number of rotatable bonds is 8. The fourth-order valence-electron chi connectivity index (χ4n) is 2.44. The highest BCUT2D eigenvalue weighted by Crippen LogP contribution is 2.14. The van der Waals surface area contributed by atoms with Crippen molar-refractivity contribution in [2.45, 2.75) is 45.4 Å². The van der Waals surface area contributed by atoms with Crippen LogP contribution in [0.1, 0.15) is 27.2 Å². The number of benzene rings is 1. The second-order valence-corrected chi connectivity index (χ2v) is 7.29. The molecule has 8 nitrogen and oxygen atoms in total. The Labute approximate surface area is 163 Å². The van der Waals surface area contributed by atoms with Crippen LogP contribution in [0.15, 0.2) is 47.3 Å². The number of nitrogens with zero attached hydrogens (tertiary/aromatic N) is 2. The van der Waals surface area contributed by atoms with Crippen molar-refractivity contribution in [1.29, 1.82) is 0 Å². The molecule has 1 unspecified atom stereocenters. The summed E-state index contributed by atoms with van der Waals surface area (Å²) < 4.78 is 6.53. The molecule has 0 fully saturated rings. The number of carboxylic acids is 1. The number of aromatic nitrogens is 2. The van der Waals surface area contributed by atoms with E-state index in [1.165, 1.54) is 6.07 Å². The number of aliphatic carboxylic acids is 1. The molecule has 0 aliphatic carbocycles. The van der Waals surface area contributed by atoms with E-state index in [1.807, 2.05) is 51.1 Å². The molecule has 2 aromatic rings. The minimum absolute atomic E-state index is 0.116. The van der Waals surface area contributed by atoms with Gasteiger partial charge in [0.2, 0.25) is 5.91 Å². The van der Waals surface area contributed by atoms with Crippen LogP contribution in [-0.2, 0) is 20.9 Å². The first-order valence-electron chi connectivity index (χ1n) is 8.95. The highest BCUT2D eigenvalue weighted by atomic mass is 16.5. The molecule has 150 valence electrons. The van der Waals surface area contributed by atoms with Crippen molar-refractivity contribution in [1.82, 2.24) is 15.1 Å². The van der Waals surface area contributed by atoms with Gasteiger partial charge in [-0.1, -0.05) is 30.3 Å². The molecule has 8 heteroatoms. The molecule has 0 aliphatic rings. The summed E-state index contributed by atoms with van der Waals surface area (Å²) in [5.41, 5.74) is 0.501. The van der Waals surface area contributed by atoms with Crippen LogP contribution in [0.3, 0.4) is 0 Å². The maximum Gasteiger partial charge on any atom is 0.326 e. The molecule has 0 spiro atoms. The first-order valence-corrected chi connectivity index (χ1v) is 8.95. The molecule has 0 bridgehead atoms. The first-order chi connectivity index (χ1) is 13.2. The molecule has 2 rings (SSSR count). The van der Waals surface area contributed by atoms with Gasteiger partial charge in [0.25, 0.3) is 5.56 Å². The Balaban J connectivity index is 2.04. The number of carbonyl (C=O) groups excluding carboxylic acids is 1. The van der Waals surface area contributed by atoms with E-state index in [0.717, 1.165) is 10.2 Å². The first kappa shape index (κ1) is 21.3. The van der Waals surface area contributed by atoms with Gasteiger partial charge in [-0.2, -0.15) is 5.10 Å². The number of nitrogens with one attached hydrogen (secondary N) is 1. The van der Waals surface area contributed by atoms with Crippen LogP contribution in [0.4, 0.5) is 0 Å². The lowest BCUT2D eigenvalue weighted by Crippen LogP contribution is -2.44. The molecular weight excluding hydrogens is 362 g/mol. The van der Waals surface area contributed by atoms with Crippen molar-refractivity contribution < 1.29 is 19.4 Å². The molecule has 1 heterocycles. The molecule has 0 saturated heterocycles. The highest BCUT2D eigenvalue weighted by Gasteiger charge is 2.21. The Morgan fingerprint density at radius 3 is 2.46 bits per heavy atom. The molecule has 1 atom stereocenters. The summed E-state index contributed by atoms with van der Waals surface area (Å²) in [5.74, 6) is -1.77. The minimum Gasteiger partial charge on any atom is -0.480 e. The van der Waals surface area contributed by atoms with E-state index >= 15 is 0 Å². The van der Waals surface area contributed by atoms with Gasteiger partial charge in [0.05, 0.1) is 11.3 Å². The van der Waals surface area contributed by atoms with E-state index in [2.05, 4.69) is 10.4 Å². The maximum atomic E-state index is 12.3. The van der Waals surface area contributed by atoms with Gasteiger partial charge in [0, 0.05) is 24.7 Å². The van der Waals surface area contributed by atoms with E-state index in [9.17, 15) is 19.5 Å². The Hall–Kier alpha value is -3.00. The molecule has 1 aromatic heterocycles. The molecule has 0 radical (unpaired) electrons. The van der Waals surface area contributed by atoms with Crippen molar-refractivity contribution in [2.24, 2.45) is 0 Å². The Kier molecular flexibility index (Phi) is 7.06. The fraction of sp³-hybridized carbons (Fsp3) is 0.400. The third-order valence-corrected chi connectivity index (χ3v) is 3.80. The lowest BCUT2D eigenvalue weighted by Gasteiger charge is -2.21. The van der Waals surface area contributed by atoms with Crippen LogP contribution in [-0.4, -0.2) is 45.0 Å². The zero-order chi connectivity index (χ0) is 20.7. The number of carbonyl (C=O) groups is 2. The van der Waals surface area contributed by atoms with Crippen molar-refractivity contribution in [3.8, 4) is 11.3 Å². The van der Waals surface area contributed by atoms with Gasteiger partial charge in [0.1, 0.15) is 12.6 Å². The fourth-order valence-corrected chi connectivity index (χ4v) is 2.44. The highest BCUT2D eigenvalue weighted by molar-refractivity contribution is 5.83. The zero-order valence-corrected chi connectivity index (χ0v) is 16.2. The number of ether oxygens (including phenoxy) is 1. The topological polar surface area (TPSA) is 111 Å². The predicted molar refractivity (Wildman–Crippen MR) is 104 cm³/mol. The lowest BCUT2D eigenvalue weighted by molar-refractivity contribution is -0.143. The van der Waals surface area contributed by atoms with Gasteiger partial charge in [-0.25, -0.2) is 9.48 Å². The average molecular weight is 387 g/mol. The number of amides is 1. The summed E-state index contributed by atoms with van der Waals surface area (Å²) in [6.45, 7) is 5.39. The third-order valence-electron chi connectivity index (χ3n) is 3.80. The smallest absolute Gasteiger partial charge is 0.326 e. The Morgan fingerprint density at radius 2 is 1.86 bits per heavy atom. The average Bonchev–Trinajstić information content (AvgIpc) is 2.62. The zero-order valence-electron chi connectivity index (χ0n) is 16.2. The van der Waals surface area contributed by atoms with Crippen molar-refractivity contribution in [3.63, 3.8) is 0 Å². The van der Waals surface area contributed by atoms with Gasteiger partial charge >= 0.3 is 5.97 Å². The minimum atomic E-state index is -1.16. The van der Waals surface area contributed by atoms with E-state index < -0.39 is 29.1 Å². The van der Waals surface area contributed by atoms with Gasteiger partial charge in [-0.3, -0.25) is 9.59 Å². The second kappa shape index (κ2) is 9.27. The standard InChI is InChI=1S/C20H25N3O5/c1-20(2,3)28-12-11-16(19(26)27)21-17(24)13-23-18(25)10-9-15(22-23)14-7-5-4-6-8-14/h4-10,16H,11-13H2,1-3H3,(H,21,24)(H,26,27). The van der Waals surface area contributed by atoms with Crippen LogP contribution in [0.5, 0.6) is 0 Å². The predicted octanol–water partition coefficient (Wildman–Crippen LogP) is 1.68. The molecule has 2 N–H and O–H groups in total. The van der Waals surface area contributed by atoms with Gasteiger partial charge in [-0.05, 0) is 26.8 Å². The van der Waals surface area contributed by atoms with Crippen molar-refractivity contribution >= 4 is 11.9 Å². The summed E-state index contributed by atoms with van der Waals surface area (Å²) in [7, 11) is 0. The Bertz CT molecular complexity index is 871. The third kappa shape index (κ3) is 6.62. The molecule has 28 heavy (non-hydrogen) atoms. The molecule has 1 aromatic carbocycles. The number of hydrogen-bond donors (Lipinski definition) is 2. The maximum absolute atomic E-state index is 12.3. The van der Waals surface area contributed by atoms with Crippen molar-refractivity contribution in [2.75, 3.05) is 6.61 Å². The summed E-state index contributed by atoms with van der Waals surface area (Å²) in [4.78, 5) is 35.7. The van der Waals surface area contributed by atoms with Crippen LogP contribution >= 0.6 is 0 Å². The van der Waals surface area contributed by atoms with E-state index in [1.54, 1.807) is 6.07 Å². The summed E-state index contributed by atoms with van der Waals surface area (Å²) in [6.07, 6.45) is 0.116. The van der Waals surface area contributed by atoms with Crippen LogP contribution in [0.2, 0.25) is 0 Å². The van der Waals surface area contributed by atoms with E-state index in [0.29, 0.717) is 5.69 Å². The molecule has 1 amide bonds. The van der Waals surface area contributed by atoms with Crippen LogP contribution < -0.4 is 10.9 Å². The summed E-state index contributed by atoms with van der Waals surface area (Å²) in [5, 5.41) is 15.9. The SMILES string of the molecule is CC(C)(C)OCCC(NC(=O)Cn1nc(-c2ccccc2)ccc1=O)C(=O)O. The molecule has 0 aliphatic heterocycles. The summed E-state index contributed by atoms with van der Waals surface area (Å²) >= 11 is 0. The van der Waals surface area contributed by atoms with Crippen LogP contribution in [0, 0.1) is 0 Å². The van der Waals surface area contributed by atoms with Crippen LogP contribution in [0.25, 0.3) is 11.3 Å². The number of carboxylic acid groups (broad SMARTS) is 1. The summed E-state index contributed by atoms with van der Waals surface area (Å²) in [6, 6.07) is 11.0. The Morgan fingerprint density at radius 1 is 1.18 bits per heavy atom. The van der Waals surface area contributed by atoms with Gasteiger partial charge in [-0.15, -0.1) is 0 Å². The van der Waals surface area contributed by atoms with Crippen molar-refractivity contribution in [3.05, 3.63) is 52.8 Å². The number of hydrogen-bond acceptors (Lipinski definition) is 5. The van der Waals surface area contributed by atoms with Gasteiger partial charge in [0.15, 0.2) is 0 Å².